The number of hydrogen-bond acceptors (Lipinski definition) is 5. The molecule has 0 unspecified atom stereocenters. The van der Waals surface area contributed by atoms with Crippen LogP contribution in [-0.2, 0) is 4.79 Å². The molecule has 1 saturated heterocycles. The zero-order chi connectivity index (χ0) is 21.4. The number of anilines is 1. The zero-order valence-corrected chi connectivity index (χ0v) is 18.0. The summed E-state index contributed by atoms with van der Waals surface area (Å²) >= 11 is 0. The third-order valence-electron chi connectivity index (χ3n) is 6.88. The van der Waals surface area contributed by atoms with Gasteiger partial charge in [-0.3, -0.25) is 14.2 Å². The monoisotopic (exact) mass is 419 g/mol. The van der Waals surface area contributed by atoms with Crippen molar-refractivity contribution in [3.8, 4) is 0 Å². The average molecular weight is 420 g/mol. The van der Waals surface area contributed by atoms with Crippen molar-refractivity contribution in [2.75, 3.05) is 24.5 Å². The van der Waals surface area contributed by atoms with E-state index in [-0.39, 0.29) is 23.3 Å². The van der Waals surface area contributed by atoms with Gasteiger partial charge in [-0.05, 0) is 51.2 Å². The van der Waals surface area contributed by atoms with Crippen molar-refractivity contribution in [2.45, 2.75) is 51.0 Å². The number of aromatic nitrogens is 3. The largest absolute Gasteiger partial charge is 0.355 e. The van der Waals surface area contributed by atoms with Crippen LogP contribution in [0.15, 0.2) is 46.9 Å². The van der Waals surface area contributed by atoms with E-state index in [2.05, 4.69) is 26.3 Å². The van der Waals surface area contributed by atoms with Gasteiger partial charge < -0.3 is 10.2 Å². The van der Waals surface area contributed by atoms with Crippen LogP contribution >= 0.6 is 0 Å². The smallest absolute Gasteiger partial charge is 0.251 e. The van der Waals surface area contributed by atoms with Gasteiger partial charge in [0.15, 0.2) is 0 Å². The van der Waals surface area contributed by atoms with Crippen LogP contribution in [-0.4, -0.2) is 40.1 Å². The zero-order valence-electron chi connectivity index (χ0n) is 18.0. The highest BCUT2D eigenvalue weighted by Gasteiger charge is 2.44. The number of nitrogens with zero attached hydrogens (tertiary/aromatic N) is 4. The number of pyridine rings is 1. The summed E-state index contributed by atoms with van der Waals surface area (Å²) in [6.45, 7) is 3.96. The Balaban J connectivity index is 1.45. The fourth-order valence-electron chi connectivity index (χ4n) is 5.45. The molecular formula is C24H29N5O2. The van der Waals surface area contributed by atoms with Gasteiger partial charge in [0.25, 0.3) is 5.56 Å². The molecule has 1 fully saturated rings. The van der Waals surface area contributed by atoms with E-state index in [1.165, 1.54) is 18.4 Å². The Morgan fingerprint density at radius 2 is 2.13 bits per heavy atom. The molecule has 5 rings (SSSR count). The van der Waals surface area contributed by atoms with E-state index in [4.69, 9.17) is 0 Å². The summed E-state index contributed by atoms with van der Waals surface area (Å²) in [6.07, 6.45) is 9.49. The van der Waals surface area contributed by atoms with Crippen LogP contribution in [0.4, 0.5) is 5.82 Å². The summed E-state index contributed by atoms with van der Waals surface area (Å²) in [5.41, 5.74) is 2.17. The summed E-state index contributed by atoms with van der Waals surface area (Å²) < 4.78 is 1.76. The molecule has 0 radical (unpaired) electrons. The van der Waals surface area contributed by atoms with E-state index in [0.717, 1.165) is 43.1 Å². The number of aryl methyl sites for hydroxylation is 1. The minimum atomic E-state index is -0.491. The highest BCUT2D eigenvalue weighted by atomic mass is 16.2. The maximum absolute atomic E-state index is 13.4. The summed E-state index contributed by atoms with van der Waals surface area (Å²) in [5.74, 6) is 1.83. The first-order valence-electron chi connectivity index (χ1n) is 11.3. The molecule has 3 atom stereocenters. The Labute approximate surface area is 182 Å². The van der Waals surface area contributed by atoms with Crippen molar-refractivity contribution in [2.24, 2.45) is 5.92 Å². The lowest BCUT2D eigenvalue weighted by Gasteiger charge is -2.46. The van der Waals surface area contributed by atoms with Crippen molar-refractivity contribution in [3.63, 3.8) is 0 Å². The second-order valence-corrected chi connectivity index (χ2v) is 8.99. The number of amides is 1. The van der Waals surface area contributed by atoms with E-state index in [0.29, 0.717) is 13.1 Å². The number of piperidine rings is 1. The first-order valence-corrected chi connectivity index (χ1v) is 11.3. The first-order chi connectivity index (χ1) is 15.1. The Morgan fingerprint density at radius 1 is 1.23 bits per heavy atom. The normalized spacial score (nSPS) is 24.9. The molecule has 3 aliphatic rings. The Hall–Kier alpha value is -2.96. The van der Waals surface area contributed by atoms with Crippen molar-refractivity contribution < 1.29 is 4.79 Å². The first kappa shape index (κ1) is 20.0. The van der Waals surface area contributed by atoms with Crippen molar-refractivity contribution in [3.05, 3.63) is 64.0 Å². The summed E-state index contributed by atoms with van der Waals surface area (Å²) in [4.78, 5) is 37.3. The predicted octanol–water partition coefficient (Wildman–Crippen LogP) is 2.73. The third-order valence-corrected chi connectivity index (χ3v) is 6.88. The molecule has 0 spiro atoms. The van der Waals surface area contributed by atoms with E-state index in [1.54, 1.807) is 16.8 Å². The van der Waals surface area contributed by atoms with E-state index in [1.807, 2.05) is 25.1 Å². The number of fused-ring (bicyclic) bond motifs is 4. The summed E-state index contributed by atoms with van der Waals surface area (Å²) in [6, 6.07) is 6.82. The molecule has 2 aromatic rings. The third kappa shape index (κ3) is 3.89. The van der Waals surface area contributed by atoms with Gasteiger partial charge in [-0.15, -0.1) is 0 Å². The molecule has 1 N–H and O–H groups in total. The van der Waals surface area contributed by atoms with Crippen molar-refractivity contribution in [1.29, 1.82) is 0 Å². The second kappa shape index (κ2) is 8.29. The fraction of sp³-hybridized carbons (Fsp3) is 0.500. The molecule has 0 saturated carbocycles. The lowest BCUT2D eigenvalue weighted by Crippen LogP contribution is -2.53. The molecule has 7 heteroatoms. The molecular weight excluding hydrogens is 390 g/mol. The summed E-state index contributed by atoms with van der Waals surface area (Å²) in [7, 11) is 0. The molecule has 7 nitrogen and oxygen atoms in total. The van der Waals surface area contributed by atoms with Crippen LogP contribution in [0, 0.1) is 12.8 Å². The maximum atomic E-state index is 13.4. The highest BCUT2D eigenvalue weighted by molar-refractivity contribution is 5.81. The van der Waals surface area contributed by atoms with E-state index < -0.39 is 6.04 Å². The van der Waals surface area contributed by atoms with Gasteiger partial charge in [-0.2, -0.15) is 0 Å². The molecule has 2 bridgehead atoms. The number of rotatable bonds is 4. The van der Waals surface area contributed by atoms with Crippen molar-refractivity contribution >= 4 is 11.7 Å². The minimum absolute atomic E-state index is 0.0507. The Morgan fingerprint density at radius 3 is 2.94 bits per heavy atom. The SMILES string of the molecule is Cc1nccc(N2C[C@@H]3C[C@H](C2)[C@H](C(=O)NCC2=CCCCC2)n2c3cccc2=O)n1. The number of carbonyl (C=O) groups is 1. The van der Waals surface area contributed by atoms with Gasteiger partial charge in [0.05, 0.1) is 0 Å². The number of hydrogen-bond donors (Lipinski definition) is 1. The maximum Gasteiger partial charge on any atom is 0.251 e. The standard InChI is InChI=1S/C24H29N5O2/c1-16-25-11-10-21(27-16)28-14-18-12-19(15-28)23(29-20(18)8-5-9-22(29)30)24(31)26-13-17-6-3-2-4-7-17/h5-6,8-11,18-19,23H,2-4,7,12-15H2,1H3,(H,26,31)/t18-,19+,23+/m0/s1. The van der Waals surface area contributed by atoms with Crippen LogP contribution in [0.3, 0.4) is 0 Å². The van der Waals surface area contributed by atoms with Gasteiger partial charge >= 0.3 is 0 Å². The predicted molar refractivity (Wildman–Crippen MR) is 119 cm³/mol. The van der Waals surface area contributed by atoms with Gasteiger partial charge in [-0.25, -0.2) is 9.97 Å². The Bertz CT molecular complexity index is 1080. The van der Waals surface area contributed by atoms with E-state index in [9.17, 15) is 9.59 Å². The fourth-order valence-corrected chi connectivity index (χ4v) is 5.45. The van der Waals surface area contributed by atoms with E-state index >= 15 is 0 Å². The van der Waals surface area contributed by atoms with Gasteiger partial charge in [0.2, 0.25) is 5.91 Å². The average Bonchev–Trinajstić information content (AvgIpc) is 2.79. The van der Waals surface area contributed by atoms with Crippen LogP contribution in [0.1, 0.15) is 55.6 Å². The molecule has 2 aliphatic heterocycles. The van der Waals surface area contributed by atoms with Gasteiger partial charge in [-0.1, -0.05) is 17.7 Å². The highest BCUT2D eigenvalue weighted by Crippen LogP contribution is 2.42. The molecule has 0 aromatic carbocycles. The lowest BCUT2D eigenvalue weighted by atomic mass is 9.78. The topological polar surface area (TPSA) is 80.1 Å². The van der Waals surface area contributed by atoms with Crippen LogP contribution in [0.2, 0.25) is 0 Å². The molecule has 162 valence electrons. The van der Waals surface area contributed by atoms with Crippen LogP contribution < -0.4 is 15.8 Å². The minimum Gasteiger partial charge on any atom is -0.355 e. The van der Waals surface area contributed by atoms with Gasteiger partial charge in [0.1, 0.15) is 17.7 Å². The second-order valence-electron chi connectivity index (χ2n) is 8.99. The Kier molecular flexibility index (Phi) is 5.34. The number of carbonyl (C=O) groups excluding carboxylic acids is 1. The molecule has 31 heavy (non-hydrogen) atoms. The van der Waals surface area contributed by atoms with Gasteiger partial charge in [0, 0.05) is 49.4 Å². The summed E-state index contributed by atoms with van der Waals surface area (Å²) in [5, 5.41) is 3.15. The molecule has 2 aromatic heterocycles. The lowest BCUT2D eigenvalue weighted by molar-refractivity contribution is -0.126. The number of allylic oxidation sites excluding steroid dienone is 1. The molecule has 1 aliphatic carbocycles. The molecule has 4 heterocycles. The number of nitrogens with one attached hydrogen (secondary N) is 1. The van der Waals surface area contributed by atoms with Crippen LogP contribution in [0.25, 0.3) is 0 Å². The van der Waals surface area contributed by atoms with Crippen molar-refractivity contribution in [1.82, 2.24) is 19.9 Å². The molecule has 1 amide bonds. The quantitative estimate of drug-likeness (QED) is 0.771. The van der Waals surface area contributed by atoms with Crippen LogP contribution in [0.5, 0.6) is 0 Å².